The molecule has 0 saturated heterocycles. The first-order valence-electron chi connectivity index (χ1n) is 15.6. The Kier molecular flexibility index (Phi) is 26.9. The number of halogens is 2. The van der Waals surface area contributed by atoms with Gasteiger partial charge in [0.05, 0.1) is 11.4 Å². The number of aromatic nitrogens is 2. The maximum absolute atomic E-state index is 12.2. The Bertz CT molecular complexity index is 804. The van der Waals surface area contributed by atoms with Crippen molar-refractivity contribution in [2.24, 2.45) is 0 Å². The summed E-state index contributed by atoms with van der Waals surface area (Å²) in [6.45, 7) is 25.1. The molecule has 0 aliphatic heterocycles. The number of hydrogen-bond acceptors (Lipinski definition) is 3. The van der Waals surface area contributed by atoms with E-state index in [4.69, 9.17) is 5.10 Å². The third kappa shape index (κ3) is 20.7. The molecule has 0 fully saturated rings. The van der Waals surface area contributed by atoms with Gasteiger partial charge in [0.15, 0.2) is 0 Å². The molecule has 0 spiro atoms. The summed E-state index contributed by atoms with van der Waals surface area (Å²) in [5, 5.41) is 4.72. The van der Waals surface area contributed by atoms with E-state index in [1.807, 2.05) is 23.8 Å². The van der Waals surface area contributed by atoms with Crippen LogP contribution in [0.1, 0.15) is 130 Å². The van der Waals surface area contributed by atoms with Gasteiger partial charge in [-0.1, -0.05) is 99.3 Å². The fraction of sp³-hybridized carbons (Fsp3) is 0.676. The molecule has 0 aliphatic carbocycles. The van der Waals surface area contributed by atoms with E-state index in [2.05, 4.69) is 77.3 Å². The van der Waals surface area contributed by atoms with Crippen LogP contribution in [-0.2, 0) is 11.2 Å². The summed E-state index contributed by atoms with van der Waals surface area (Å²) >= 11 is 0. The van der Waals surface area contributed by atoms with Crippen LogP contribution in [0, 0.1) is 0 Å². The molecule has 0 unspecified atom stereocenters. The van der Waals surface area contributed by atoms with Gasteiger partial charge in [-0.3, -0.25) is 0 Å². The Balaban J connectivity index is 0. The van der Waals surface area contributed by atoms with Crippen molar-refractivity contribution in [2.75, 3.05) is 19.6 Å². The van der Waals surface area contributed by atoms with Crippen LogP contribution in [-0.4, -0.2) is 40.9 Å². The van der Waals surface area contributed by atoms with Crippen LogP contribution < -0.4 is 0 Å². The van der Waals surface area contributed by atoms with Gasteiger partial charge in [-0.05, 0) is 76.3 Å². The molecular weight excluding hydrogens is 504 g/mol. The van der Waals surface area contributed by atoms with Gasteiger partial charge in [0, 0.05) is 12.2 Å². The van der Waals surface area contributed by atoms with E-state index in [1.54, 1.807) is 6.08 Å². The summed E-state index contributed by atoms with van der Waals surface area (Å²) in [4.78, 5) is 2.50. The molecule has 40 heavy (non-hydrogen) atoms. The van der Waals surface area contributed by atoms with Crippen LogP contribution in [0.5, 0.6) is 0 Å². The van der Waals surface area contributed by atoms with Crippen LogP contribution >= 0.6 is 0 Å². The maximum atomic E-state index is 12.2. The number of ether oxygens (including phenoxy) is 1. The van der Waals surface area contributed by atoms with Gasteiger partial charge in [-0.25, -0.2) is 4.68 Å². The largest absolute Gasteiger partial charge is 0.435 e. The molecule has 0 saturated carbocycles. The van der Waals surface area contributed by atoms with E-state index < -0.39 is 6.61 Å². The molecule has 4 nitrogen and oxygen atoms in total. The van der Waals surface area contributed by atoms with E-state index in [0.29, 0.717) is 5.92 Å². The minimum atomic E-state index is -2.86. The number of allylic oxidation sites excluding steroid dienone is 4. The molecule has 6 heteroatoms. The Morgan fingerprint density at radius 1 is 0.950 bits per heavy atom. The monoisotopic (exact) mass is 565 g/mol. The van der Waals surface area contributed by atoms with Crippen LogP contribution in [0.4, 0.5) is 8.78 Å². The lowest BCUT2D eigenvalue weighted by Crippen LogP contribution is -2.26. The van der Waals surface area contributed by atoms with Crippen molar-refractivity contribution < 1.29 is 13.5 Å². The standard InChI is InChI=1S/C20H30F2N2O.C10H21N.C4H10/c1-6-8-9-10-11-17-14-19(15(3)4)24(23-17)18(7-2)13-12-16(5)25-20(21)22;1-4-7-10-11(8-5-2)9-6-3;1-3-4-2/h7,12-15,20H,5-6,8-11H2,1-4H3;4H,1,5-10H2,2-3H3;3-4H2,1-2H3/b13-12-,18-7+;;. The van der Waals surface area contributed by atoms with Crippen LogP contribution in [0.15, 0.2) is 49.3 Å². The number of alkyl halides is 2. The van der Waals surface area contributed by atoms with Crippen molar-refractivity contribution in [1.82, 2.24) is 14.7 Å². The molecule has 0 aromatic carbocycles. The Morgan fingerprint density at radius 2 is 1.57 bits per heavy atom. The molecule has 0 amide bonds. The molecular formula is C34H61F2N3O. The molecule has 0 aliphatic rings. The van der Waals surface area contributed by atoms with Gasteiger partial charge in [0.2, 0.25) is 0 Å². The number of rotatable bonds is 19. The Labute approximate surface area is 246 Å². The van der Waals surface area contributed by atoms with Crippen molar-refractivity contribution in [3.8, 4) is 0 Å². The topological polar surface area (TPSA) is 30.3 Å². The minimum Gasteiger partial charge on any atom is -0.435 e. The van der Waals surface area contributed by atoms with Gasteiger partial charge in [-0.2, -0.15) is 13.9 Å². The van der Waals surface area contributed by atoms with Crippen molar-refractivity contribution in [3.63, 3.8) is 0 Å². The SMILES string of the molecule is C=C(/C=C\C(=C/C)n1nc(CCCCCC)cc1C(C)C)OC(F)F.C=CCCN(CCC)CCC.CCCC. The summed E-state index contributed by atoms with van der Waals surface area (Å²) in [6, 6.07) is 2.14. The lowest BCUT2D eigenvalue weighted by Gasteiger charge is -2.19. The lowest BCUT2D eigenvalue weighted by molar-refractivity contribution is -0.0915. The Morgan fingerprint density at radius 3 is 2.02 bits per heavy atom. The smallest absolute Gasteiger partial charge is 0.387 e. The van der Waals surface area contributed by atoms with E-state index in [1.165, 1.54) is 70.7 Å². The van der Waals surface area contributed by atoms with Crippen LogP contribution in [0.3, 0.4) is 0 Å². The molecule has 1 aromatic rings. The van der Waals surface area contributed by atoms with Crippen LogP contribution in [0.25, 0.3) is 5.70 Å². The highest BCUT2D eigenvalue weighted by Gasteiger charge is 2.13. The number of hydrogen-bond donors (Lipinski definition) is 0. The summed E-state index contributed by atoms with van der Waals surface area (Å²) in [6.07, 6.45) is 19.1. The van der Waals surface area contributed by atoms with Gasteiger partial charge in [0.25, 0.3) is 0 Å². The predicted octanol–water partition coefficient (Wildman–Crippen LogP) is 10.8. The zero-order chi connectivity index (χ0) is 30.8. The highest BCUT2D eigenvalue weighted by atomic mass is 19.3. The normalized spacial score (nSPS) is 11.5. The van der Waals surface area contributed by atoms with Gasteiger partial charge in [-0.15, -0.1) is 6.58 Å². The van der Waals surface area contributed by atoms with Crippen LogP contribution in [0.2, 0.25) is 0 Å². The van der Waals surface area contributed by atoms with E-state index >= 15 is 0 Å². The van der Waals surface area contributed by atoms with Crippen molar-refractivity contribution in [2.45, 2.75) is 132 Å². The summed E-state index contributed by atoms with van der Waals surface area (Å²) in [7, 11) is 0. The minimum absolute atomic E-state index is 0.0765. The first kappa shape index (κ1) is 39.9. The summed E-state index contributed by atoms with van der Waals surface area (Å²) in [5.74, 6) is 0.230. The fourth-order valence-electron chi connectivity index (χ4n) is 3.78. The maximum Gasteiger partial charge on any atom is 0.387 e. The molecule has 0 N–H and O–H groups in total. The number of aryl methyl sites for hydroxylation is 1. The first-order valence-corrected chi connectivity index (χ1v) is 15.6. The average molecular weight is 566 g/mol. The molecule has 0 radical (unpaired) electrons. The fourth-order valence-corrected chi connectivity index (χ4v) is 3.78. The quantitative estimate of drug-likeness (QED) is 0.0723. The van der Waals surface area contributed by atoms with E-state index in [0.717, 1.165) is 36.3 Å². The third-order valence-corrected chi connectivity index (χ3v) is 6.12. The molecule has 0 atom stereocenters. The first-order chi connectivity index (χ1) is 19.1. The average Bonchev–Trinajstić information content (AvgIpc) is 3.35. The van der Waals surface area contributed by atoms with Gasteiger partial charge in [0.1, 0.15) is 5.76 Å². The van der Waals surface area contributed by atoms with Gasteiger partial charge >= 0.3 is 6.61 Å². The van der Waals surface area contributed by atoms with Crippen molar-refractivity contribution in [1.29, 1.82) is 0 Å². The number of unbranched alkanes of at least 4 members (excludes halogenated alkanes) is 4. The van der Waals surface area contributed by atoms with Crippen molar-refractivity contribution in [3.05, 3.63) is 60.7 Å². The Hall–Kier alpha value is -2.21. The second-order valence-corrected chi connectivity index (χ2v) is 10.2. The molecule has 1 heterocycles. The molecule has 0 bridgehead atoms. The molecule has 232 valence electrons. The third-order valence-electron chi connectivity index (χ3n) is 6.12. The highest BCUT2D eigenvalue weighted by molar-refractivity contribution is 5.58. The van der Waals surface area contributed by atoms with E-state index in [-0.39, 0.29) is 5.76 Å². The summed E-state index contributed by atoms with van der Waals surface area (Å²) < 4.78 is 30.6. The number of nitrogens with zero attached hydrogens (tertiary/aromatic N) is 3. The second-order valence-electron chi connectivity index (χ2n) is 10.2. The second kappa shape index (κ2) is 27.0. The summed E-state index contributed by atoms with van der Waals surface area (Å²) in [5.41, 5.74) is 2.97. The molecule has 1 aromatic heterocycles. The zero-order valence-electron chi connectivity index (χ0n) is 27.2. The zero-order valence-corrected chi connectivity index (χ0v) is 27.2. The molecule has 1 rings (SSSR count). The lowest BCUT2D eigenvalue weighted by atomic mass is 10.1. The van der Waals surface area contributed by atoms with Crippen molar-refractivity contribution >= 4 is 5.70 Å². The highest BCUT2D eigenvalue weighted by Crippen LogP contribution is 2.22. The van der Waals surface area contributed by atoms with Gasteiger partial charge < -0.3 is 9.64 Å². The van der Waals surface area contributed by atoms with E-state index in [9.17, 15) is 8.78 Å². The predicted molar refractivity (Wildman–Crippen MR) is 172 cm³/mol.